The number of anilines is 1. The Bertz CT molecular complexity index is 634. The van der Waals surface area contributed by atoms with Gasteiger partial charge in [-0.15, -0.1) is 0 Å². The third kappa shape index (κ3) is 4.11. The van der Waals surface area contributed by atoms with E-state index >= 15 is 0 Å². The summed E-state index contributed by atoms with van der Waals surface area (Å²) in [6, 6.07) is 10.6. The molecule has 0 unspecified atom stereocenters. The van der Waals surface area contributed by atoms with Crippen LogP contribution in [-0.2, 0) is 4.79 Å². The fourth-order valence-electron chi connectivity index (χ4n) is 1.48. The van der Waals surface area contributed by atoms with E-state index in [9.17, 15) is 9.18 Å². The minimum absolute atomic E-state index is 0.0576. The van der Waals surface area contributed by atoms with Crippen molar-refractivity contribution in [1.29, 1.82) is 0 Å². The molecule has 20 heavy (non-hydrogen) atoms. The van der Waals surface area contributed by atoms with Gasteiger partial charge < -0.3 is 10.1 Å². The van der Waals surface area contributed by atoms with Crippen molar-refractivity contribution in [3.05, 3.63) is 58.3 Å². The predicted octanol–water partition coefficient (Wildman–Crippen LogP) is 4.15. The highest BCUT2D eigenvalue weighted by Gasteiger charge is 2.06. The van der Waals surface area contributed by atoms with Crippen molar-refractivity contribution in [3.8, 4) is 5.75 Å². The van der Waals surface area contributed by atoms with Crippen LogP contribution >= 0.6 is 23.2 Å². The molecular formula is C14H10Cl2FNO2. The zero-order valence-corrected chi connectivity index (χ0v) is 11.7. The SMILES string of the molecule is O=C(COc1ccc(F)c(Cl)c1)Nc1cccc(Cl)c1. The Labute approximate surface area is 125 Å². The van der Waals surface area contributed by atoms with E-state index in [1.54, 1.807) is 24.3 Å². The molecule has 0 aromatic heterocycles. The highest BCUT2D eigenvalue weighted by atomic mass is 35.5. The number of amides is 1. The lowest BCUT2D eigenvalue weighted by atomic mass is 10.3. The van der Waals surface area contributed by atoms with E-state index in [2.05, 4.69) is 5.32 Å². The zero-order valence-electron chi connectivity index (χ0n) is 10.2. The average molecular weight is 314 g/mol. The molecule has 0 spiro atoms. The van der Waals surface area contributed by atoms with E-state index in [1.165, 1.54) is 18.2 Å². The number of rotatable bonds is 4. The molecule has 1 amide bonds. The maximum absolute atomic E-state index is 12.9. The standard InChI is InChI=1S/C14H10Cl2FNO2/c15-9-2-1-3-10(6-9)18-14(19)8-20-11-4-5-13(17)12(16)7-11/h1-7H,8H2,(H,18,19). The second kappa shape index (κ2) is 6.59. The van der Waals surface area contributed by atoms with Crippen LogP contribution in [0, 0.1) is 5.82 Å². The van der Waals surface area contributed by atoms with Gasteiger partial charge in [-0.05, 0) is 30.3 Å². The number of carbonyl (C=O) groups excluding carboxylic acids is 1. The highest BCUT2D eigenvalue weighted by Crippen LogP contribution is 2.21. The Morgan fingerprint density at radius 3 is 2.70 bits per heavy atom. The molecule has 1 N–H and O–H groups in total. The molecule has 0 saturated heterocycles. The Morgan fingerprint density at radius 1 is 1.20 bits per heavy atom. The van der Waals surface area contributed by atoms with Gasteiger partial charge in [-0.25, -0.2) is 4.39 Å². The normalized spacial score (nSPS) is 10.2. The average Bonchev–Trinajstić information content (AvgIpc) is 2.40. The number of halogens is 3. The molecule has 0 heterocycles. The van der Waals surface area contributed by atoms with Gasteiger partial charge in [-0.3, -0.25) is 4.79 Å². The molecule has 6 heteroatoms. The number of hydrogen-bond donors (Lipinski definition) is 1. The van der Waals surface area contributed by atoms with Crippen LogP contribution in [0.25, 0.3) is 0 Å². The molecule has 104 valence electrons. The zero-order chi connectivity index (χ0) is 14.5. The van der Waals surface area contributed by atoms with Crippen molar-refractivity contribution in [2.75, 3.05) is 11.9 Å². The summed E-state index contributed by atoms with van der Waals surface area (Å²) in [5.74, 6) is -0.576. The number of carbonyl (C=O) groups is 1. The van der Waals surface area contributed by atoms with Crippen molar-refractivity contribution >= 4 is 34.8 Å². The van der Waals surface area contributed by atoms with E-state index in [4.69, 9.17) is 27.9 Å². The Kier molecular flexibility index (Phi) is 4.82. The first-order valence-electron chi connectivity index (χ1n) is 5.68. The molecule has 0 bridgehead atoms. The Balaban J connectivity index is 1.90. The van der Waals surface area contributed by atoms with Crippen LogP contribution in [0.1, 0.15) is 0 Å². The van der Waals surface area contributed by atoms with Crippen molar-refractivity contribution in [2.24, 2.45) is 0 Å². The first-order chi connectivity index (χ1) is 9.54. The quantitative estimate of drug-likeness (QED) is 0.920. The Hall–Kier alpha value is -1.78. The van der Waals surface area contributed by atoms with Crippen LogP contribution in [0.2, 0.25) is 10.0 Å². The number of nitrogens with one attached hydrogen (secondary N) is 1. The predicted molar refractivity (Wildman–Crippen MR) is 77.0 cm³/mol. The topological polar surface area (TPSA) is 38.3 Å². The smallest absolute Gasteiger partial charge is 0.262 e. The minimum atomic E-state index is -0.539. The van der Waals surface area contributed by atoms with E-state index in [0.717, 1.165) is 0 Å². The lowest BCUT2D eigenvalue weighted by Gasteiger charge is -2.08. The van der Waals surface area contributed by atoms with Gasteiger partial charge in [0.25, 0.3) is 5.91 Å². The molecule has 0 aliphatic carbocycles. The summed E-state index contributed by atoms with van der Waals surface area (Å²) in [7, 11) is 0. The molecular weight excluding hydrogens is 304 g/mol. The van der Waals surface area contributed by atoms with E-state index in [-0.39, 0.29) is 17.5 Å². The van der Waals surface area contributed by atoms with Crippen molar-refractivity contribution in [2.45, 2.75) is 0 Å². The van der Waals surface area contributed by atoms with Crippen molar-refractivity contribution in [1.82, 2.24) is 0 Å². The number of hydrogen-bond acceptors (Lipinski definition) is 2. The fourth-order valence-corrected chi connectivity index (χ4v) is 1.84. The van der Waals surface area contributed by atoms with E-state index < -0.39 is 5.82 Å². The summed E-state index contributed by atoms with van der Waals surface area (Å²) in [5, 5.41) is 3.09. The van der Waals surface area contributed by atoms with Gasteiger partial charge in [-0.2, -0.15) is 0 Å². The summed E-state index contributed by atoms with van der Waals surface area (Å²) < 4.78 is 18.2. The molecule has 3 nitrogen and oxygen atoms in total. The molecule has 2 aromatic rings. The van der Waals surface area contributed by atoms with Gasteiger partial charge >= 0.3 is 0 Å². The van der Waals surface area contributed by atoms with Gasteiger partial charge in [0.15, 0.2) is 6.61 Å². The first kappa shape index (κ1) is 14.6. The molecule has 0 fully saturated rings. The summed E-state index contributed by atoms with van der Waals surface area (Å²) >= 11 is 11.4. The van der Waals surface area contributed by atoms with E-state index in [0.29, 0.717) is 16.5 Å². The van der Waals surface area contributed by atoms with Gasteiger partial charge in [0.1, 0.15) is 11.6 Å². The van der Waals surface area contributed by atoms with Gasteiger partial charge in [-0.1, -0.05) is 29.3 Å². The fraction of sp³-hybridized carbons (Fsp3) is 0.0714. The van der Waals surface area contributed by atoms with Crippen LogP contribution < -0.4 is 10.1 Å². The van der Waals surface area contributed by atoms with Crippen LogP contribution in [0.3, 0.4) is 0 Å². The molecule has 0 saturated carbocycles. The molecule has 0 aliphatic rings. The van der Waals surface area contributed by atoms with Crippen LogP contribution in [0.5, 0.6) is 5.75 Å². The second-order valence-electron chi connectivity index (χ2n) is 3.92. The summed E-state index contributed by atoms with van der Waals surface area (Å²) in [6.07, 6.45) is 0. The molecule has 2 aromatic carbocycles. The summed E-state index contributed by atoms with van der Waals surface area (Å²) in [6.45, 7) is -0.214. The van der Waals surface area contributed by atoms with Crippen molar-refractivity contribution in [3.63, 3.8) is 0 Å². The van der Waals surface area contributed by atoms with Gasteiger partial charge in [0.05, 0.1) is 5.02 Å². The molecule has 2 rings (SSSR count). The maximum atomic E-state index is 12.9. The van der Waals surface area contributed by atoms with E-state index in [1.807, 2.05) is 0 Å². The molecule has 0 atom stereocenters. The van der Waals surface area contributed by atoms with Crippen LogP contribution in [-0.4, -0.2) is 12.5 Å². The third-order valence-electron chi connectivity index (χ3n) is 2.37. The minimum Gasteiger partial charge on any atom is -0.484 e. The molecule has 0 radical (unpaired) electrons. The maximum Gasteiger partial charge on any atom is 0.262 e. The monoisotopic (exact) mass is 313 g/mol. The van der Waals surface area contributed by atoms with Crippen LogP contribution in [0.15, 0.2) is 42.5 Å². The second-order valence-corrected chi connectivity index (χ2v) is 4.77. The molecule has 0 aliphatic heterocycles. The summed E-state index contributed by atoms with van der Waals surface area (Å²) in [5.41, 5.74) is 0.572. The highest BCUT2D eigenvalue weighted by molar-refractivity contribution is 6.31. The first-order valence-corrected chi connectivity index (χ1v) is 6.43. The third-order valence-corrected chi connectivity index (χ3v) is 2.89. The summed E-state index contributed by atoms with van der Waals surface area (Å²) in [4.78, 5) is 11.7. The lowest BCUT2D eigenvalue weighted by Crippen LogP contribution is -2.20. The lowest BCUT2D eigenvalue weighted by molar-refractivity contribution is -0.118. The van der Waals surface area contributed by atoms with Crippen LogP contribution in [0.4, 0.5) is 10.1 Å². The number of benzene rings is 2. The van der Waals surface area contributed by atoms with Crippen molar-refractivity contribution < 1.29 is 13.9 Å². The Morgan fingerprint density at radius 2 is 2.00 bits per heavy atom. The van der Waals surface area contributed by atoms with Gasteiger partial charge in [0, 0.05) is 16.8 Å². The largest absolute Gasteiger partial charge is 0.484 e. The number of ether oxygens (including phenoxy) is 1. The van der Waals surface area contributed by atoms with Gasteiger partial charge in [0.2, 0.25) is 0 Å².